The molecule has 14 heavy (non-hydrogen) atoms. The van der Waals surface area contributed by atoms with Crippen molar-refractivity contribution in [1.29, 1.82) is 0 Å². The third-order valence-corrected chi connectivity index (χ3v) is 2.25. The van der Waals surface area contributed by atoms with Crippen LogP contribution in [0, 0.1) is 6.20 Å². The van der Waals surface area contributed by atoms with E-state index in [9.17, 15) is 0 Å². The van der Waals surface area contributed by atoms with Gasteiger partial charge < -0.3 is 10.5 Å². The summed E-state index contributed by atoms with van der Waals surface area (Å²) in [4.78, 5) is 10.0. The molecule has 0 unspecified atom stereocenters. The van der Waals surface area contributed by atoms with Gasteiger partial charge in [-0.1, -0.05) is 0 Å². The third kappa shape index (κ3) is 2.18. The maximum Gasteiger partial charge on any atom is 0.131 e. The Balaban J connectivity index is 1.99. The minimum atomic E-state index is 0.520. The zero-order chi connectivity index (χ0) is 9.80. The Morgan fingerprint density at radius 2 is 2.29 bits per heavy atom. The van der Waals surface area contributed by atoms with Gasteiger partial charge in [-0.3, -0.25) is 4.90 Å². The SMILES string of the molecule is Nc1ncn[c]c1CN1CCOCC1. The van der Waals surface area contributed by atoms with Crippen LogP contribution < -0.4 is 5.73 Å². The standard InChI is InChI=1S/C9H13N4O/c10-9-8(5-11-7-12-9)6-13-1-3-14-4-2-13/h7H,1-4,6H2,(H2,10,11,12). The van der Waals surface area contributed by atoms with Gasteiger partial charge in [0.15, 0.2) is 0 Å². The lowest BCUT2D eigenvalue weighted by molar-refractivity contribution is 0.0341. The van der Waals surface area contributed by atoms with Crippen molar-refractivity contribution in [1.82, 2.24) is 14.9 Å². The lowest BCUT2D eigenvalue weighted by Crippen LogP contribution is -2.35. The Hall–Kier alpha value is -1.20. The highest BCUT2D eigenvalue weighted by Crippen LogP contribution is 2.09. The van der Waals surface area contributed by atoms with Crippen LogP contribution in [0.2, 0.25) is 0 Å². The van der Waals surface area contributed by atoms with Crippen LogP contribution in [0.5, 0.6) is 0 Å². The molecule has 1 radical (unpaired) electrons. The quantitative estimate of drug-likeness (QED) is 0.698. The fourth-order valence-corrected chi connectivity index (χ4v) is 1.43. The highest BCUT2D eigenvalue weighted by Gasteiger charge is 2.12. The molecule has 1 aromatic rings. The molecule has 2 N–H and O–H groups in total. The second-order valence-electron chi connectivity index (χ2n) is 3.24. The molecule has 5 nitrogen and oxygen atoms in total. The van der Waals surface area contributed by atoms with Gasteiger partial charge in [0.1, 0.15) is 12.1 Å². The summed E-state index contributed by atoms with van der Waals surface area (Å²) in [5.41, 5.74) is 6.57. The van der Waals surface area contributed by atoms with E-state index in [0.29, 0.717) is 5.82 Å². The molecule has 5 heteroatoms. The Bertz CT molecular complexity index is 299. The highest BCUT2D eigenvalue weighted by molar-refractivity contribution is 5.35. The van der Waals surface area contributed by atoms with E-state index in [1.807, 2.05) is 0 Å². The van der Waals surface area contributed by atoms with Gasteiger partial charge in [-0.15, -0.1) is 0 Å². The maximum atomic E-state index is 5.70. The molecule has 0 bridgehead atoms. The molecular formula is C9H13N4O. The molecule has 1 aliphatic rings. The number of nitrogen functional groups attached to an aromatic ring is 1. The minimum absolute atomic E-state index is 0.520. The first-order valence-electron chi connectivity index (χ1n) is 4.63. The van der Waals surface area contributed by atoms with Crippen LogP contribution in [-0.4, -0.2) is 41.2 Å². The van der Waals surface area contributed by atoms with Crippen LogP contribution in [0.25, 0.3) is 0 Å². The summed E-state index contributed by atoms with van der Waals surface area (Å²) in [6.45, 7) is 4.20. The Morgan fingerprint density at radius 1 is 1.50 bits per heavy atom. The number of hydrogen-bond acceptors (Lipinski definition) is 5. The van der Waals surface area contributed by atoms with E-state index < -0.39 is 0 Å². The summed E-state index contributed by atoms with van der Waals surface area (Å²) in [5.74, 6) is 0.520. The number of nitrogens with zero attached hydrogens (tertiary/aromatic N) is 3. The summed E-state index contributed by atoms with van der Waals surface area (Å²) >= 11 is 0. The molecule has 0 saturated carbocycles. The molecule has 0 aliphatic carbocycles. The number of morpholine rings is 1. The molecular weight excluding hydrogens is 180 g/mol. The van der Waals surface area contributed by atoms with Crippen molar-refractivity contribution < 1.29 is 4.74 Å². The Kier molecular flexibility index (Phi) is 2.90. The van der Waals surface area contributed by atoms with Gasteiger partial charge in [-0.2, -0.15) is 0 Å². The number of hydrogen-bond donors (Lipinski definition) is 1. The molecule has 75 valence electrons. The molecule has 2 rings (SSSR count). The van der Waals surface area contributed by atoms with Gasteiger partial charge in [-0.05, 0) is 0 Å². The Morgan fingerprint density at radius 3 is 3.00 bits per heavy atom. The van der Waals surface area contributed by atoms with E-state index in [-0.39, 0.29) is 0 Å². The average Bonchev–Trinajstić information content (AvgIpc) is 2.23. The fraction of sp³-hybridized carbons (Fsp3) is 0.556. The molecule has 0 spiro atoms. The van der Waals surface area contributed by atoms with E-state index in [1.165, 1.54) is 6.33 Å². The van der Waals surface area contributed by atoms with Crippen LogP contribution in [0.15, 0.2) is 6.33 Å². The van der Waals surface area contributed by atoms with E-state index in [2.05, 4.69) is 21.1 Å². The maximum absolute atomic E-state index is 5.70. The van der Waals surface area contributed by atoms with E-state index in [4.69, 9.17) is 10.5 Å². The summed E-state index contributed by atoms with van der Waals surface area (Å²) in [6.07, 6.45) is 4.28. The smallest absolute Gasteiger partial charge is 0.131 e. The first-order valence-corrected chi connectivity index (χ1v) is 4.63. The second kappa shape index (κ2) is 4.34. The monoisotopic (exact) mass is 193 g/mol. The number of nitrogens with two attached hydrogens (primary N) is 1. The largest absolute Gasteiger partial charge is 0.383 e. The first-order chi connectivity index (χ1) is 6.86. The zero-order valence-corrected chi connectivity index (χ0v) is 7.94. The predicted octanol–water partition coefficient (Wildman–Crippen LogP) is -0.309. The average molecular weight is 193 g/mol. The van der Waals surface area contributed by atoms with E-state index in [1.54, 1.807) is 0 Å². The third-order valence-electron chi connectivity index (χ3n) is 2.25. The van der Waals surface area contributed by atoms with Crippen molar-refractivity contribution in [3.63, 3.8) is 0 Å². The van der Waals surface area contributed by atoms with Gasteiger partial charge in [0, 0.05) is 25.2 Å². The number of ether oxygens (including phenoxy) is 1. The first kappa shape index (κ1) is 9.36. The van der Waals surface area contributed by atoms with Crippen molar-refractivity contribution in [2.24, 2.45) is 0 Å². The van der Waals surface area contributed by atoms with Gasteiger partial charge >= 0.3 is 0 Å². The fourth-order valence-electron chi connectivity index (χ4n) is 1.43. The van der Waals surface area contributed by atoms with Crippen LogP contribution >= 0.6 is 0 Å². The summed E-state index contributed by atoms with van der Waals surface area (Å²) in [6, 6.07) is 0. The molecule has 0 atom stereocenters. The topological polar surface area (TPSA) is 64.3 Å². The molecule has 1 aliphatic heterocycles. The molecule has 0 aromatic carbocycles. The predicted molar refractivity (Wildman–Crippen MR) is 51.4 cm³/mol. The van der Waals surface area contributed by atoms with Gasteiger partial charge in [-0.25, -0.2) is 9.97 Å². The highest BCUT2D eigenvalue weighted by atomic mass is 16.5. The van der Waals surface area contributed by atoms with Crippen molar-refractivity contribution in [2.45, 2.75) is 6.54 Å². The molecule has 0 amide bonds. The van der Waals surface area contributed by atoms with Crippen LogP contribution in [0.1, 0.15) is 5.56 Å². The van der Waals surface area contributed by atoms with E-state index >= 15 is 0 Å². The molecule has 1 fully saturated rings. The van der Waals surface area contributed by atoms with Gasteiger partial charge in [0.2, 0.25) is 0 Å². The number of anilines is 1. The van der Waals surface area contributed by atoms with Crippen LogP contribution in [0.4, 0.5) is 5.82 Å². The summed E-state index contributed by atoms with van der Waals surface area (Å²) in [7, 11) is 0. The molecule has 1 saturated heterocycles. The van der Waals surface area contributed by atoms with Crippen LogP contribution in [-0.2, 0) is 11.3 Å². The number of aromatic nitrogens is 2. The van der Waals surface area contributed by atoms with Crippen molar-refractivity contribution in [2.75, 3.05) is 32.0 Å². The van der Waals surface area contributed by atoms with E-state index in [0.717, 1.165) is 38.4 Å². The lowest BCUT2D eigenvalue weighted by Gasteiger charge is -2.26. The van der Waals surface area contributed by atoms with Gasteiger partial charge in [0.05, 0.1) is 19.4 Å². The van der Waals surface area contributed by atoms with Crippen molar-refractivity contribution in [3.8, 4) is 0 Å². The minimum Gasteiger partial charge on any atom is -0.383 e. The normalized spacial score (nSPS) is 18.3. The summed E-state index contributed by atoms with van der Waals surface area (Å²) < 4.78 is 5.25. The lowest BCUT2D eigenvalue weighted by atomic mass is 10.2. The molecule has 2 heterocycles. The Labute approximate surface area is 82.9 Å². The second-order valence-corrected chi connectivity index (χ2v) is 3.24. The van der Waals surface area contributed by atoms with Gasteiger partial charge in [0.25, 0.3) is 0 Å². The van der Waals surface area contributed by atoms with Crippen LogP contribution in [0.3, 0.4) is 0 Å². The number of rotatable bonds is 2. The van der Waals surface area contributed by atoms with Crippen molar-refractivity contribution in [3.05, 3.63) is 18.1 Å². The summed E-state index contributed by atoms with van der Waals surface area (Å²) in [5, 5.41) is 0. The van der Waals surface area contributed by atoms with Crippen molar-refractivity contribution >= 4 is 5.82 Å². The zero-order valence-electron chi connectivity index (χ0n) is 7.94. The molecule has 1 aromatic heterocycles.